The van der Waals surface area contributed by atoms with Gasteiger partial charge in [-0.1, -0.05) is 13.8 Å². The van der Waals surface area contributed by atoms with E-state index in [0.29, 0.717) is 22.6 Å². The molecular formula is C13H22BrClN2O3S. The van der Waals surface area contributed by atoms with Gasteiger partial charge in [-0.2, -0.15) is 0 Å². The molecule has 0 heterocycles. The van der Waals surface area contributed by atoms with E-state index in [4.69, 9.17) is 10.5 Å². The summed E-state index contributed by atoms with van der Waals surface area (Å²) in [6.07, 6.45) is 0.698. The van der Waals surface area contributed by atoms with Crippen molar-refractivity contribution in [3.05, 3.63) is 22.7 Å². The Balaban J connectivity index is 0.00000400. The highest BCUT2D eigenvalue weighted by atomic mass is 79.9. The van der Waals surface area contributed by atoms with Crippen molar-refractivity contribution in [1.82, 2.24) is 4.72 Å². The van der Waals surface area contributed by atoms with Crippen LogP contribution >= 0.6 is 28.3 Å². The van der Waals surface area contributed by atoms with Crippen molar-refractivity contribution in [2.45, 2.75) is 31.2 Å². The third kappa shape index (κ3) is 6.12. The van der Waals surface area contributed by atoms with Crippen LogP contribution in [0.1, 0.15) is 20.3 Å². The van der Waals surface area contributed by atoms with Crippen molar-refractivity contribution >= 4 is 38.4 Å². The van der Waals surface area contributed by atoms with E-state index in [0.717, 1.165) is 0 Å². The van der Waals surface area contributed by atoms with Crippen LogP contribution in [-0.2, 0) is 10.0 Å². The lowest BCUT2D eigenvalue weighted by Gasteiger charge is -2.19. The van der Waals surface area contributed by atoms with Crippen LogP contribution in [0.25, 0.3) is 0 Å². The van der Waals surface area contributed by atoms with Crippen molar-refractivity contribution in [3.8, 4) is 5.75 Å². The number of ether oxygens (including phenoxy) is 1. The minimum Gasteiger partial charge on any atom is -0.496 e. The minimum atomic E-state index is -3.60. The fraction of sp³-hybridized carbons (Fsp3) is 0.538. The number of sulfonamides is 1. The Hall–Kier alpha value is -0.340. The Bertz CT molecular complexity index is 552. The number of nitrogens with one attached hydrogen (secondary N) is 1. The molecule has 0 saturated heterocycles. The van der Waals surface area contributed by atoms with Crippen LogP contribution in [0.4, 0.5) is 0 Å². The predicted molar refractivity (Wildman–Crippen MR) is 90.6 cm³/mol. The monoisotopic (exact) mass is 400 g/mol. The van der Waals surface area contributed by atoms with Crippen LogP contribution in [-0.4, -0.2) is 28.1 Å². The smallest absolute Gasteiger partial charge is 0.240 e. The van der Waals surface area contributed by atoms with Crippen molar-refractivity contribution < 1.29 is 13.2 Å². The van der Waals surface area contributed by atoms with Crippen LogP contribution < -0.4 is 15.2 Å². The van der Waals surface area contributed by atoms with Gasteiger partial charge >= 0.3 is 0 Å². The first kappa shape index (κ1) is 20.7. The lowest BCUT2D eigenvalue weighted by molar-refractivity contribution is 0.410. The lowest BCUT2D eigenvalue weighted by atomic mass is 10.1. The summed E-state index contributed by atoms with van der Waals surface area (Å²) in [6, 6.07) is 4.38. The van der Waals surface area contributed by atoms with E-state index in [1.165, 1.54) is 19.2 Å². The van der Waals surface area contributed by atoms with Gasteiger partial charge in [-0.25, -0.2) is 13.1 Å². The van der Waals surface area contributed by atoms with Crippen molar-refractivity contribution in [2.24, 2.45) is 11.7 Å². The summed E-state index contributed by atoms with van der Waals surface area (Å²) in [7, 11) is -2.11. The molecule has 122 valence electrons. The zero-order chi connectivity index (χ0) is 15.3. The second kappa shape index (κ2) is 8.95. The number of benzene rings is 1. The van der Waals surface area contributed by atoms with E-state index in [2.05, 4.69) is 20.7 Å². The summed E-state index contributed by atoms with van der Waals surface area (Å²) >= 11 is 3.29. The summed E-state index contributed by atoms with van der Waals surface area (Å²) < 4.78 is 33.1. The molecule has 0 saturated carbocycles. The molecule has 0 aromatic heterocycles. The quantitative estimate of drug-likeness (QED) is 0.735. The number of nitrogens with two attached hydrogens (primary N) is 1. The first-order valence-electron chi connectivity index (χ1n) is 6.36. The number of hydrogen-bond acceptors (Lipinski definition) is 4. The number of hydrogen-bond donors (Lipinski definition) is 2. The van der Waals surface area contributed by atoms with Gasteiger partial charge < -0.3 is 10.5 Å². The number of halogens is 2. The molecule has 0 radical (unpaired) electrons. The van der Waals surface area contributed by atoms with E-state index in [-0.39, 0.29) is 29.9 Å². The highest BCUT2D eigenvalue weighted by Crippen LogP contribution is 2.27. The van der Waals surface area contributed by atoms with Crippen LogP contribution in [0.5, 0.6) is 5.75 Å². The fourth-order valence-corrected chi connectivity index (χ4v) is 3.54. The topological polar surface area (TPSA) is 81.4 Å². The minimum absolute atomic E-state index is 0. The largest absolute Gasteiger partial charge is 0.496 e. The molecule has 3 N–H and O–H groups in total. The Labute approximate surface area is 141 Å². The van der Waals surface area contributed by atoms with E-state index in [9.17, 15) is 8.42 Å². The molecule has 1 aromatic rings. The standard InChI is InChI=1S/C13H21BrN2O3S.ClH/c1-9(2)6-10(8-15)16-20(17,18)11-4-5-12(14)13(7-11)19-3;/h4-5,7,9-10,16H,6,8,15H2,1-3H3;1H. The molecule has 8 heteroatoms. The number of methoxy groups -OCH3 is 1. The average molecular weight is 402 g/mol. The van der Waals surface area contributed by atoms with Crippen LogP contribution in [0.2, 0.25) is 0 Å². The van der Waals surface area contributed by atoms with Crippen LogP contribution in [0.15, 0.2) is 27.6 Å². The second-order valence-corrected chi connectivity index (χ2v) is 7.55. The first-order chi connectivity index (χ1) is 9.30. The average Bonchev–Trinajstić information content (AvgIpc) is 2.37. The Morgan fingerprint density at radius 2 is 2.00 bits per heavy atom. The highest BCUT2D eigenvalue weighted by molar-refractivity contribution is 9.10. The summed E-state index contributed by atoms with van der Waals surface area (Å²) in [4.78, 5) is 0.166. The van der Waals surface area contributed by atoms with Gasteiger partial charge in [-0.15, -0.1) is 12.4 Å². The van der Waals surface area contributed by atoms with Crippen molar-refractivity contribution in [1.29, 1.82) is 0 Å². The molecule has 0 aliphatic rings. The van der Waals surface area contributed by atoms with Gasteiger partial charge in [-0.3, -0.25) is 0 Å². The van der Waals surface area contributed by atoms with Gasteiger partial charge in [-0.05, 0) is 40.4 Å². The van der Waals surface area contributed by atoms with Crippen molar-refractivity contribution in [2.75, 3.05) is 13.7 Å². The van der Waals surface area contributed by atoms with Gasteiger partial charge in [0.25, 0.3) is 0 Å². The summed E-state index contributed by atoms with van der Waals surface area (Å²) in [5, 5.41) is 0. The molecule has 0 aliphatic carbocycles. The molecule has 1 rings (SSSR count). The van der Waals surface area contributed by atoms with Gasteiger partial charge in [0.15, 0.2) is 0 Å². The van der Waals surface area contributed by atoms with E-state index >= 15 is 0 Å². The molecule has 5 nitrogen and oxygen atoms in total. The normalized spacial score (nSPS) is 12.9. The maximum Gasteiger partial charge on any atom is 0.240 e. The highest BCUT2D eigenvalue weighted by Gasteiger charge is 2.21. The molecule has 0 amide bonds. The Morgan fingerprint density at radius 3 is 2.48 bits per heavy atom. The van der Waals surface area contributed by atoms with E-state index < -0.39 is 10.0 Å². The molecule has 1 atom stereocenters. The van der Waals surface area contributed by atoms with Gasteiger partial charge in [0, 0.05) is 18.7 Å². The van der Waals surface area contributed by atoms with Gasteiger partial charge in [0.2, 0.25) is 10.0 Å². The predicted octanol–water partition coefficient (Wildman–Crippen LogP) is 2.53. The zero-order valence-corrected chi connectivity index (χ0v) is 15.5. The van der Waals surface area contributed by atoms with Crippen LogP contribution in [0, 0.1) is 5.92 Å². The molecule has 0 aliphatic heterocycles. The first-order valence-corrected chi connectivity index (χ1v) is 8.63. The Morgan fingerprint density at radius 1 is 1.38 bits per heavy atom. The maximum absolute atomic E-state index is 12.3. The fourth-order valence-electron chi connectivity index (χ4n) is 1.86. The van der Waals surface area contributed by atoms with Gasteiger partial charge in [0.05, 0.1) is 16.5 Å². The molecule has 1 aromatic carbocycles. The molecule has 21 heavy (non-hydrogen) atoms. The third-order valence-corrected chi connectivity index (χ3v) is 4.97. The summed E-state index contributed by atoms with van der Waals surface area (Å²) in [6.45, 7) is 4.32. The molecular weight excluding hydrogens is 380 g/mol. The zero-order valence-electron chi connectivity index (χ0n) is 12.3. The van der Waals surface area contributed by atoms with Crippen molar-refractivity contribution in [3.63, 3.8) is 0 Å². The lowest BCUT2D eigenvalue weighted by Crippen LogP contribution is -2.40. The Kier molecular flexibility index (Phi) is 8.80. The van der Waals surface area contributed by atoms with Crippen LogP contribution in [0.3, 0.4) is 0 Å². The molecule has 0 fully saturated rings. The SMILES string of the molecule is COc1cc(S(=O)(=O)NC(CN)CC(C)C)ccc1Br.Cl. The molecule has 1 unspecified atom stereocenters. The van der Waals surface area contributed by atoms with E-state index in [1.54, 1.807) is 6.07 Å². The third-order valence-electron chi connectivity index (χ3n) is 2.80. The summed E-state index contributed by atoms with van der Waals surface area (Å²) in [5.74, 6) is 0.840. The summed E-state index contributed by atoms with van der Waals surface area (Å²) in [5.41, 5.74) is 5.63. The second-order valence-electron chi connectivity index (χ2n) is 4.98. The molecule has 0 bridgehead atoms. The number of rotatable bonds is 7. The van der Waals surface area contributed by atoms with Gasteiger partial charge in [0.1, 0.15) is 5.75 Å². The molecule has 0 spiro atoms. The van der Waals surface area contributed by atoms with E-state index in [1.807, 2.05) is 13.8 Å². The maximum atomic E-state index is 12.3.